The molecule has 0 aliphatic rings. The van der Waals surface area contributed by atoms with Gasteiger partial charge in [-0.05, 0) is 62.6 Å². The second-order valence-electron chi connectivity index (χ2n) is 7.67. The zero-order valence-corrected chi connectivity index (χ0v) is 17.2. The van der Waals surface area contributed by atoms with Crippen molar-refractivity contribution in [2.45, 2.75) is 27.7 Å². The van der Waals surface area contributed by atoms with E-state index in [9.17, 15) is 4.79 Å². The lowest BCUT2D eigenvalue weighted by atomic mass is 9.99. The molecule has 0 aliphatic carbocycles. The number of fused-ring (bicyclic) bond motifs is 1. The summed E-state index contributed by atoms with van der Waals surface area (Å²) in [7, 11) is 0. The third-order valence-corrected chi connectivity index (χ3v) is 5.20. The first kappa shape index (κ1) is 18.9. The standard InChI is InChI=1S/C26H24N2O/c1-16-10-11-18(3)23(14-16)28-26(29)22-15-24(20-8-6-5-7-9-20)27-25-19(4)12-17(2)13-21(22)25/h5-15H,1-4H3,(H,28,29). The van der Waals surface area contributed by atoms with E-state index in [1.807, 2.05) is 88.4 Å². The minimum atomic E-state index is -0.117. The number of aromatic nitrogens is 1. The van der Waals surface area contributed by atoms with Gasteiger partial charge in [-0.3, -0.25) is 4.79 Å². The normalized spacial score (nSPS) is 10.9. The van der Waals surface area contributed by atoms with Gasteiger partial charge >= 0.3 is 0 Å². The number of carbonyl (C=O) groups excluding carboxylic acids is 1. The van der Waals surface area contributed by atoms with Gasteiger partial charge in [-0.15, -0.1) is 0 Å². The average molecular weight is 380 g/mol. The third kappa shape index (κ3) is 3.77. The lowest BCUT2D eigenvalue weighted by Crippen LogP contribution is -2.14. The summed E-state index contributed by atoms with van der Waals surface area (Å²) in [6.45, 7) is 8.12. The predicted octanol–water partition coefficient (Wildman–Crippen LogP) is 6.39. The molecule has 0 saturated carbocycles. The topological polar surface area (TPSA) is 42.0 Å². The highest BCUT2D eigenvalue weighted by Gasteiger charge is 2.16. The van der Waals surface area contributed by atoms with Crippen LogP contribution in [0.1, 0.15) is 32.6 Å². The smallest absolute Gasteiger partial charge is 0.256 e. The monoisotopic (exact) mass is 380 g/mol. The Balaban J connectivity index is 1.89. The number of nitrogens with one attached hydrogen (secondary N) is 1. The van der Waals surface area contributed by atoms with Crippen molar-refractivity contribution in [1.82, 2.24) is 4.98 Å². The summed E-state index contributed by atoms with van der Waals surface area (Å²) < 4.78 is 0. The van der Waals surface area contributed by atoms with E-state index < -0.39 is 0 Å². The summed E-state index contributed by atoms with van der Waals surface area (Å²) in [6, 6.07) is 22.1. The van der Waals surface area contributed by atoms with Gasteiger partial charge in [-0.25, -0.2) is 4.98 Å². The molecule has 0 fully saturated rings. The van der Waals surface area contributed by atoms with Crippen LogP contribution < -0.4 is 5.32 Å². The fourth-order valence-corrected chi connectivity index (χ4v) is 3.69. The Bertz CT molecular complexity index is 1230. The van der Waals surface area contributed by atoms with Crippen molar-refractivity contribution in [3.8, 4) is 11.3 Å². The van der Waals surface area contributed by atoms with Crippen molar-refractivity contribution in [3.05, 3.63) is 94.5 Å². The maximum atomic E-state index is 13.4. The molecular weight excluding hydrogens is 356 g/mol. The molecule has 1 amide bonds. The predicted molar refractivity (Wildman–Crippen MR) is 121 cm³/mol. The van der Waals surface area contributed by atoms with Gasteiger partial charge in [0.15, 0.2) is 0 Å². The van der Waals surface area contributed by atoms with Crippen molar-refractivity contribution < 1.29 is 4.79 Å². The van der Waals surface area contributed by atoms with Gasteiger partial charge < -0.3 is 5.32 Å². The van der Waals surface area contributed by atoms with Crippen LogP contribution >= 0.6 is 0 Å². The van der Waals surface area contributed by atoms with Crippen LogP contribution in [-0.4, -0.2) is 10.9 Å². The molecule has 3 nitrogen and oxygen atoms in total. The Hall–Kier alpha value is -3.46. The molecule has 0 atom stereocenters. The first-order valence-electron chi connectivity index (χ1n) is 9.78. The maximum Gasteiger partial charge on any atom is 0.256 e. The van der Waals surface area contributed by atoms with Crippen LogP contribution in [0.4, 0.5) is 5.69 Å². The Labute approximate surface area is 171 Å². The van der Waals surface area contributed by atoms with E-state index in [4.69, 9.17) is 4.98 Å². The molecule has 0 radical (unpaired) electrons. The fraction of sp³-hybridized carbons (Fsp3) is 0.154. The third-order valence-electron chi connectivity index (χ3n) is 5.20. The van der Waals surface area contributed by atoms with Crippen LogP contribution in [0.5, 0.6) is 0 Å². The van der Waals surface area contributed by atoms with E-state index in [2.05, 4.69) is 11.4 Å². The molecule has 3 heteroatoms. The highest BCUT2D eigenvalue weighted by atomic mass is 16.1. The summed E-state index contributed by atoms with van der Waals surface area (Å²) in [4.78, 5) is 18.2. The summed E-state index contributed by atoms with van der Waals surface area (Å²) in [5.74, 6) is -0.117. The van der Waals surface area contributed by atoms with E-state index in [-0.39, 0.29) is 5.91 Å². The molecule has 29 heavy (non-hydrogen) atoms. The van der Waals surface area contributed by atoms with Crippen LogP contribution in [-0.2, 0) is 0 Å². The summed E-state index contributed by atoms with van der Waals surface area (Å²) in [6.07, 6.45) is 0. The van der Waals surface area contributed by atoms with Gasteiger partial charge in [-0.1, -0.05) is 54.1 Å². The molecule has 0 unspecified atom stereocenters. The number of amides is 1. The van der Waals surface area contributed by atoms with Crippen LogP contribution in [0.25, 0.3) is 22.2 Å². The van der Waals surface area contributed by atoms with Crippen LogP contribution in [0.3, 0.4) is 0 Å². The number of rotatable bonds is 3. The number of carbonyl (C=O) groups is 1. The summed E-state index contributed by atoms with van der Waals surface area (Å²) in [5.41, 5.74) is 8.48. The molecule has 4 rings (SSSR count). The lowest BCUT2D eigenvalue weighted by molar-refractivity contribution is 0.102. The molecule has 1 heterocycles. The second-order valence-corrected chi connectivity index (χ2v) is 7.67. The van der Waals surface area contributed by atoms with Crippen molar-refractivity contribution in [1.29, 1.82) is 0 Å². The zero-order valence-electron chi connectivity index (χ0n) is 17.2. The van der Waals surface area contributed by atoms with Crippen LogP contribution in [0.2, 0.25) is 0 Å². The second kappa shape index (κ2) is 7.51. The van der Waals surface area contributed by atoms with Gasteiger partial charge in [0.25, 0.3) is 5.91 Å². The number of anilines is 1. The Morgan fingerprint density at radius 1 is 0.793 bits per heavy atom. The largest absolute Gasteiger partial charge is 0.322 e. The fourth-order valence-electron chi connectivity index (χ4n) is 3.69. The van der Waals surface area contributed by atoms with Gasteiger partial charge in [0.05, 0.1) is 16.8 Å². The van der Waals surface area contributed by atoms with Gasteiger partial charge in [0.2, 0.25) is 0 Å². The Morgan fingerprint density at radius 2 is 1.55 bits per heavy atom. The molecule has 0 saturated heterocycles. The van der Waals surface area contributed by atoms with Crippen LogP contribution in [0, 0.1) is 27.7 Å². The van der Waals surface area contributed by atoms with Crippen molar-refractivity contribution in [2.24, 2.45) is 0 Å². The van der Waals surface area contributed by atoms with E-state index >= 15 is 0 Å². The number of hydrogen-bond acceptors (Lipinski definition) is 2. The highest BCUT2D eigenvalue weighted by molar-refractivity contribution is 6.13. The lowest BCUT2D eigenvalue weighted by Gasteiger charge is -2.14. The maximum absolute atomic E-state index is 13.4. The first-order valence-corrected chi connectivity index (χ1v) is 9.78. The quantitative estimate of drug-likeness (QED) is 0.447. The van der Waals surface area contributed by atoms with Crippen molar-refractivity contribution >= 4 is 22.5 Å². The molecule has 0 bridgehead atoms. The number of aryl methyl sites for hydroxylation is 4. The molecule has 144 valence electrons. The van der Waals surface area contributed by atoms with E-state index in [0.717, 1.165) is 50.1 Å². The van der Waals surface area contributed by atoms with Gasteiger partial charge in [0, 0.05) is 16.6 Å². The van der Waals surface area contributed by atoms with Crippen molar-refractivity contribution in [2.75, 3.05) is 5.32 Å². The SMILES string of the molecule is Cc1ccc(C)c(NC(=O)c2cc(-c3ccccc3)nc3c(C)cc(C)cc23)c1. The van der Waals surface area contributed by atoms with Gasteiger partial charge in [-0.2, -0.15) is 0 Å². The minimum Gasteiger partial charge on any atom is -0.322 e. The van der Waals surface area contributed by atoms with Crippen molar-refractivity contribution in [3.63, 3.8) is 0 Å². The zero-order chi connectivity index (χ0) is 20.5. The summed E-state index contributed by atoms with van der Waals surface area (Å²) in [5, 5.41) is 3.99. The number of nitrogens with zero attached hydrogens (tertiary/aromatic N) is 1. The molecular formula is C26H24N2O. The molecule has 0 spiro atoms. The highest BCUT2D eigenvalue weighted by Crippen LogP contribution is 2.29. The Morgan fingerprint density at radius 3 is 2.31 bits per heavy atom. The van der Waals surface area contributed by atoms with Crippen LogP contribution in [0.15, 0.2) is 66.7 Å². The van der Waals surface area contributed by atoms with Gasteiger partial charge in [0.1, 0.15) is 0 Å². The average Bonchev–Trinajstić information content (AvgIpc) is 2.70. The molecule has 4 aromatic rings. The van der Waals surface area contributed by atoms with E-state index in [1.165, 1.54) is 0 Å². The number of benzene rings is 3. The number of pyridine rings is 1. The first-order chi connectivity index (χ1) is 13.9. The molecule has 3 aromatic carbocycles. The molecule has 0 aliphatic heterocycles. The molecule has 1 aromatic heterocycles. The van der Waals surface area contributed by atoms with E-state index in [0.29, 0.717) is 5.56 Å². The Kier molecular flexibility index (Phi) is 4.89. The van der Waals surface area contributed by atoms with E-state index in [1.54, 1.807) is 0 Å². The minimum absolute atomic E-state index is 0.117. The summed E-state index contributed by atoms with van der Waals surface area (Å²) >= 11 is 0. The molecule has 1 N–H and O–H groups in total. The number of hydrogen-bond donors (Lipinski definition) is 1.